The van der Waals surface area contributed by atoms with E-state index < -0.39 is 67.3 Å². The molecule has 1 aliphatic heterocycles. The van der Waals surface area contributed by atoms with Crippen molar-refractivity contribution in [2.24, 2.45) is 0 Å². The largest absolute Gasteiger partial charge is 0.479 e. The van der Waals surface area contributed by atoms with E-state index in [9.17, 15) is 34.5 Å². The highest BCUT2D eigenvalue weighted by Gasteiger charge is 2.50. The van der Waals surface area contributed by atoms with Crippen molar-refractivity contribution in [2.45, 2.75) is 314 Å². The molecule has 0 radical (unpaired) electrons. The number of hydrogen-bond acceptors (Lipinski definition) is 11. The van der Waals surface area contributed by atoms with Crippen molar-refractivity contribution in [3.63, 3.8) is 0 Å². The van der Waals surface area contributed by atoms with Crippen LogP contribution < -0.4 is 0 Å². The van der Waals surface area contributed by atoms with Crippen LogP contribution in [-0.2, 0) is 42.9 Å². The zero-order valence-corrected chi connectivity index (χ0v) is 52.4. The minimum absolute atomic E-state index is 0.0394. The lowest BCUT2D eigenvalue weighted by Gasteiger charge is -2.40. The van der Waals surface area contributed by atoms with E-state index in [1.807, 2.05) is 0 Å². The molecule has 0 aromatic carbocycles. The molecule has 0 aliphatic carbocycles. The van der Waals surface area contributed by atoms with E-state index in [2.05, 4.69) is 118 Å². The molecule has 474 valence electrons. The summed E-state index contributed by atoms with van der Waals surface area (Å²) in [5, 5.41) is 31.6. The summed E-state index contributed by atoms with van der Waals surface area (Å²) in [7, 11) is 0. The summed E-state index contributed by atoms with van der Waals surface area (Å²) in [6.07, 6.45) is 65.0. The second-order valence-corrected chi connectivity index (χ2v) is 22.4. The predicted octanol–water partition coefficient (Wildman–Crippen LogP) is 18.0. The van der Waals surface area contributed by atoms with Crippen molar-refractivity contribution in [1.82, 2.24) is 0 Å². The van der Waals surface area contributed by atoms with E-state index in [1.54, 1.807) is 0 Å². The van der Waals surface area contributed by atoms with Crippen LogP contribution in [0.3, 0.4) is 0 Å². The maximum Gasteiger partial charge on any atom is 0.335 e. The Labute approximate surface area is 504 Å². The molecule has 1 aliphatic rings. The van der Waals surface area contributed by atoms with Crippen LogP contribution in [-0.4, -0.2) is 89.2 Å². The van der Waals surface area contributed by atoms with Gasteiger partial charge in [-0.15, -0.1) is 0 Å². The number of carbonyl (C=O) groups excluding carboxylic acids is 3. The van der Waals surface area contributed by atoms with Gasteiger partial charge in [0.05, 0.1) is 6.61 Å². The number of unbranched alkanes of at least 4 members (excludes halogenated alkanes) is 26. The van der Waals surface area contributed by atoms with E-state index in [4.69, 9.17) is 23.7 Å². The van der Waals surface area contributed by atoms with Gasteiger partial charge in [0.15, 0.2) is 24.6 Å². The highest BCUT2D eigenvalue weighted by Crippen LogP contribution is 2.27. The fourth-order valence-electron chi connectivity index (χ4n) is 9.54. The van der Waals surface area contributed by atoms with Gasteiger partial charge in [0.1, 0.15) is 18.8 Å². The lowest BCUT2D eigenvalue weighted by molar-refractivity contribution is -0.301. The monoisotopic (exact) mass is 1160 g/mol. The Morgan fingerprint density at radius 1 is 0.410 bits per heavy atom. The van der Waals surface area contributed by atoms with Crippen molar-refractivity contribution >= 4 is 23.9 Å². The zero-order valence-electron chi connectivity index (χ0n) is 52.4. The molecule has 0 saturated carbocycles. The third-order valence-corrected chi connectivity index (χ3v) is 14.6. The molecule has 1 saturated heterocycles. The molecular formula is C71H118O12. The highest BCUT2D eigenvalue weighted by molar-refractivity contribution is 5.74. The number of aliphatic carboxylic acids is 1. The highest BCUT2D eigenvalue weighted by atomic mass is 16.7. The second-order valence-electron chi connectivity index (χ2n) is 22.4. The summed E-state index contributed by atoms with van der Waals surface area (Å²) in [6.45, 7) is 5.83. The zero-order chi connectivity index (χ0) is 60.3. The van der Waals surface area contributed by atoms with Gasteiger partial charge in [-0.3, -0.25) is 14.4 Å². The maximum absolute atomic E-state index is 13.2. The third-order valence-electron chi connectivity index (χ3n) is 14.6. The van der Waals surface area contributed by atoms with E-state index >= 15 is 0 Å². The normalized spacial score (nSPS) is 18.2. The molecule has 1 heterocycles. The molecule has 12 heteroatoms. The van der Waals surface area contributed by atoms with Gasteiger partial charge in [-0.1, -0.05) is 234 Å². The number of carboxylic acid groups (broad SMARTS) is 1. The third kappa shape index (κ3) is 47.6. The Kier molecular flexibility index (Phi) is 53.6. The number of carbonyl (C=O) groups is 4. The molecule has 0 aromatic rings. The van der Waals surface area contributed by atoms with Gasteiger partial charge >= 0.3 is 23.9 Å². The molecule has 6 atom stereocenters. The van der Waals surface area contributed by atoms with Crippen LogP contribution in [0.25, 0.3) is 0 Å². The summed E-state index contributed by atoms with van der Waals surface area (Å²) in [6, 6.07) is 0. The molecule has 1 rings (SSSR count). The maximum atomic E-state index is 13.2. The average molecular weight is 1160 g/mol. The van der Waals surface area contributed by atoms with Crippen molar-refractivity contribution in [2.75, 3.05) is 13.2 Å². The van der Waals surface area contributed by atoms with Gasteiger partial charge in [-0.2, -0.15) is 0 Å². The molecule has 1 fully saturated rings. The first-order valence-corrected chi connectivity index (χ1v) is 33.2. The Balaban J connectivity index is 2.68. The number of esters is 3. The average Bonchev–Trinajstić information content (AvgIpc) is 3.58. The number of hydrogen-bond donors (Lipinski definition) is 3. The quantitative estimate of drug-likeness (QED) is 0.0228. The first-order valence-electron chi connectivity index (χ1n) is 33.2. The summed E-state index contributed by atoms with van der Waals surface area (Å²) in [5.74, 6) is -3.16. The van der Waals surface area contributed by atoms with Gasteiger partial charge in [-0.05, 0) is 122 Å². The van der Waals surface area contributed by atoms with Crippen LogP contribution in [0.4, 0.5) is 0 Å². The molecule has 0 bridgehead atoms. The summed E-state index contributed by atoms with van der Waals surface area (Å²) in [4.78, 5) is 51.4. The standard InChI is InChI=1S/C71H118O12/c1-4-7-10-13-16-19-22-25-28-30-32-34-37-39-42-45-48-51-54-57-63(72)79-60-62(81-64(73)58-55-52-49-46-43-41-38-35-33-31-29-26-23-20-17-14-11-8-5-2)61-80-71-69(67(76)66(75)68(83-71)70(77)78)82-65(74)59-56-53-50-47-44-40-36-27-24-21-18-15-12-9-6-3/h7,10,16-21,25-29,32,34,36,62,66-69,71,75-76H,4-6,8-9,11-15,22-24,30-31,33,35,37-61H2,1-3H3,(H,77,78)/b10-7-,19-16-,20-17-,21-18-,28-25-,29-26-,34-32-,36-27-. The first-order chi connectivity index (χ1) is 40.6. The lowest BCUT2D eigenvalue weighted by atomic mass is 9.98. The molecule has 83 heavy (non-hydrogen) atoms. The van der Waals surface area contributed by atoms with Gasteiger partial charge in [0.25, 0.3) is 0 Å². The Morgan fingerprint density at radius 3 is 1.16 bits per heavy atom. The number of ether oxygens (including phenoxy) is 5. The van der Waals surface area contributed by atoms with E-state index in [1.165, 1.54) is 70.6 Å². The fraction of sp³-hybridized carbons (Fsp3) is 0.718. The minimum Gasteiger partial charge on any atom is -0.479 e. The summed E-state index contributed by atoms with van der Waals surface area (Å²) < 4.78 is 28.5. The topological polar surface area (TPSA) is 175 Å². The number of aliphatic hydroxyl groups excluding tert-OH is 2. The van der Waals surface area contributed by atoms with Crippen LogP contribution in [0.2, 0.25) is 0 Å². The Bertz CT molecular complexity index is 1810. The van der Waals surface area contributed by atoms with Gasteiger partial charge in [0.2, 0.25) is 0 Å². The minimum atomic E-state index is -1.92. The van der Waals surface area contributed by atoms with Crippen LogP contribution in [0.15, 0.2) is 97.2 Å². The number of rotatable bonds is 56. The van der Waals surface area contributed by atoms with Crippen molar-refractivity contribution < 1.29 is 58.2 Å². The van der Waals surface area contributed by atoms with E-state index in [0.717, 1.165) is 148 Å². The summed E-state index contributed by atoms with van der Waals surface area (Å²) in [5.41, 5.74) is 0. The molecular weight excluding hydrogens is 1040 g/mol. The number of carboxylic acids is 1. The molecule has 0 aromatic heterocycles. The second kappa shape index (κ2) is 58.0. The molecule has 3 N–H and O–H groups in total. The predicted molar refractivity (Wildman–Crippen MR) is 340 cm³/mol. The van der Waals surface area contributed by atoms with Crippen LogP contribution >= 0.6 is 0 Å². The Hall–Kier alpha value is -4.36. The SMILES string of the molecule is CC/C=C\C/C=C\C/C=C\C/C=C\CCCCCCCCC(=O)OCC(COC1OC(C(=O)O)C(O)C(O)C1OC(=O)CCCCCCC/C=C\C/C=C\CCCCC)OC(=O)CCCCCCCCCCC/C=C\C/C=C\CCCCC. The molecule has 12 nitrogen and oxygen atoms in total. The molecule has 0 spiro atoms. The number of aliphatic hydroxyl groups is 2. The Morgan fingerprint density at radius 2 is 0.759 bits per heavy atom. The van der Waals surface area contributed by atoms with Crippen molar-refractivity contribution in [3.05, 3.63) is 97.2 Å². The first kappa shape index (κ1) is 76.7. The lowest BCUT2D eigenvalue weighted by Crippen LogP contribution is -2.61. The fourth-order valence-corrected chi connectivity index (χ4v) is 9.54. The van der Waals surface area contributed by atoms with Crippen LogP contribution in [0.1, 0.15) is 278 Å². The van der Waals surface area contributed by atoms with E-state index in [-0.39, 0.29) is 25.9 Å². The van der Waals surface area contributed by atoms with E-state index in [0.29, 0.717) is 19.3 Å². The van der Waals surface area contributed by atoms with Crippen molar-refractivity contribution in [3.8, 4) is 0 Å². The van der Waals surface area contributed by atoms with Crippen molar-refractivity contribution in [1.29, 1.82) is 0 Å². The summed E-state index contributed by atoms with van der Waals surface area (Å²) >= 11 is 0. The van der Waals surface area contributed by atoms with Gasteiger partial charge in [-0.25, -0.2) is 4.79 Å². The van der Waals surface area contributed by atoms with Crippen LogP contribution in [0, 0.1) is 0 Å². The van der Waals surface area contributed by atoms with Gasteiger partial charge in [0, 0.05) is 19.3 Å². The van der Waals surface area contributed by atoms with Crippen LogP contribution in [0.5, 0.6) is 0 Å². The van der Waals surface area contributed by atoms with Gasteiger partial charge < -0.3 is 39.0 Å². The smallest absolute Gasteiger partial charge is 0.335 e. The molecule has 0 amide bonds. The molecule has 6 unspecified atom stereocenters. The number of allylic oxidation sites excluding steroid dienone is 16.